The Balaban J connectivity index is 0.000000232. The number of aryl methyl sites for hydroxylation is 2. The number of benzene rings is 5. The number of nitrogens with zero attached hydrogens (tertiary/aromatic N) is 1. The molecule has 5 aromatic carbocycles. The van der Waals surface area contributed by atoms with Crippen LogP contribution in [0.15, 0.2) is 112 Å². The van der Waals surface area contributed by atoms with Gasteiger partial charge in [0.05, 0.1) is 11.1 Å². The molecule has 8 nitrogen and oxygen atoms in total. The first-order chi connectivity index (χ1) is 28.1. The van der Waals surface area contributed by atoms with Crippen LogP contribution in [0.5, 0.6) is 5.75 Å². The summed E-state index contributed by atoms with van der Waals surface area (Å²) in [6.45, 7) is 3.02. The third kappa shape index (κ3) is 9.04. The second kappa shape index (κ2) is 16.9. The molecule has 2 atom stereocenters. The van der Waals surface area contributed by atoms with Crippen molar-refractivity contribution >= 4 is 52.0 Å². The average Bonchev–Trinajstić information content (AvgIpc) is 3.17. The minimum absolute atomic E-state index is 0.0126. The number of carboxylic acid groups (broad SMARTS) is 1. The van der Waals surface area contributed by atoms with E-state index in [-0.39, 0.29) is 17.4 Å². The van der Waals surface area contributed by atoms with Crippen molar-refractivity contribution in [1.29, 1.82) is 0 Å². The maximum Gasteiger partial charge on any atom is 0.416 e. The van der Waals surface area contributed by atoms with Crippen LogP contribution in [0, 0.1) is 19.8 Å². The molecule has 1 amide bonds. The highest BCUT2D eigenvalue weighted by atomic mass is 35.5. The monoisotopic (exact) mass is 869 g/mol. The Labute approximate surface area is 347 Å². The van der Waals surface area contributed by atoms with Gasteiger partial charge in [0.25, 0.3) is 0 Å². The zero-order valence-electron chi connectivity index (χ0n) is 31.5. The summed E-state index contributed by atoms with van der Waals surface area (Å²) in [6.07, 6.45) is -10.1. The fraction of sp³-hybridized carbons (Fsp3) is 0.182. The summed E-state index contributed by atoms with van der Waals surface area (Å²) in [5, 5.41) is 10.7. The van der Waals surface area contributed by atoms with Crippen LogP contribution in [0.2, 0.25) is 10.0 Å². The number of halogens is 8. The third-order valence-corrected chi connectivity index (χ3v) is 10.3. The molecule has 1 N–H and O–H groups in total. The maximum absolute atomic E-state index is 13.6. The molecule has 6 aromatic rings. The molecule has 0 spiro atoms. The van der Waals surface area contributed by atoms with Gasteiger partial charge in [-0.15, -0.1) is 0 Å². The molecule has 2 unspecified atom stereocenters. The van der Waals surface area contributed by atoms with E-state index in [0.717, 1.165) is 16.0 Å². The zero-order valence-corrected chi connectivity index (χ0v) is 33.1. The van der Waals surface area contributed by atoms with Gasteiger partial charge in [-0.05, 0) is 96.3 Å². The summed E-state index contributed by atoms with van der Waals surface area (Å²) >= 11 is 12.2. The Bertz CT molecular complexity index is 2700. The van der Waals surface area contributed by atoms with E-state index in [0.29, 0.717) is 55.4 Å². The highest BCUT2D eigenvalue weighted by Crippen LogP contribution is 2.45. The fourth-order valence-electron chi connectivity index (χ4n) is 7.07. The lowest BCUT2D eigenvalue weighted by molar-refractivity contribution is -0.151. The van der Waals surface area contributed by atoms with Gasteiger partial charge in [-0.3, -0.25) is 9.59 Å². The summed E-state index contributed by atoms with van der Waals surface area (Å²) in [6, 6.07) is 24.7. The van der Waals surface area contributed by atoms with Crippen molar-refractivity contribution in [3.63, 3.8) is 0 Å². The number of alkyl halides is 6. The minimum atomic E-state index is -5.04. The highest BCUT2D eigenvalue weighted by molar-refractivity contribution is 6.31. The summed E-state index contributed by atoms with van der Waals surface area (Å²) in [5.41, 5.74) is -0.662. The second-order valence-electron chi connectivity index (χ2n) is 13.9. The van der Waals surface area contributed by atoms with Crippen molar-refractivity contribution in [3.05, 3.63) is 168 Å². The molecule has 2 heterocycles. The molecule has 310 valence electrons. The van der Waals surface area contributed by atoms with Gasteiger partial charge in [0.15, 0.2) is 5.56 Å². The first-order valence-corrected chi connectivity index (χ1v) is 18.6. The zero-order chi connectivity index (χ0) is 43.8. The minimum Gasteiger partial charge on any atom is -0.477 e. The van der Waals surface area contributed by atoms with Crippen LogP contribution in [-0.4, -0.2) is 34.9 Å². The Morgan fingerprint density at radius 1 is 0.750 bits per heavy atom. The number of carbonyl (C=O) groups excluding carboxylic acids is 2. The Morgan fingerprint density at radius 2 is 1.33 bits per heavy atom. The normalized spacial score (nSPS) is 15.1. The van der Waals surface area contributed by atoms with Crippen molar-refractivity contribution in [2.24, 2.45) is 5.92 Å². The first kappa shape index (κ1) is 43.5. The van der Waals surface area contributed by atoms with Gasteiger partial charge < -0.3 is 19.2 Å². The quantitative estimate of drug-likeness (QED) is 0.0583. The second-order valence-corrected chi connectivity index (χ2v) is 14.8. The van der Waals surface area contributed by atoms with Crippen LogP contribution < -0.4 is 10.4 Å². The predicted octanol–water partition coefficient (Wildman–Crippen LogP) is 11.1. The van der Waals surface area contributed by atoms with Crippen molar-refractivity contribution in [2.45, 2.75) is 38.7 Å². The van der Waals surface area contributed by atoms with Crippen molar-refractivity contribution in [1.82, 2.24) is 4.90 Å². The number of carboxylic acids is 1. The number of carbonyl (C=O) groups is 3. The van der Waals surface area contributed by atoms with Crippen LogP contribution >= 0.6 is 23.2 Å². The van der Waals surface area contributed by atoms with Crippen LogP contribution in [0.1, 0.15) is 55.2 Å². The summed E-state index contributed by atoms with van der Waals surface area (Å²) in [5.74, 6) is -5.17. The topological polar surface area (TPSA) is 114 Å². The molecule has 0 aliphatic carbocycles. The van der Waals surface area contributed by atoms with Gasteiger partial charge in [0.2, 0.25) is 5.91 Å². The fourth-order valence-corrected chi connectivity index (χ4v) is 7.42. The Morgan fingerprint density at radius 3 is 1.93 bits per heavy atom. The van der Waals surface area contributed by atoms with E-state index in [2.05, 4.69) is 0 Å². The highest BCUT2D eigenvalue weighted by Gasteiger charge is 2.45. The smallest absolute Gasteiger partial charge is 0.416 e. The van der Waals surface area contributed by atoms with Gasteiger partial charge >= 0.3 is 29.9 Å². The predicted molar refractivity (Wildman–Crippen MR) is 211 cm³/mol. The van der Waals surface area contributed by atoms with E-state index in [9.17, 15) is 50.6 Å². The maximum atomic E-state index is 13.6. The van der Waals surface area contributed by atoms with Crippen LogP contribution in [0.3, 0.4) is 0 Å². The number of hydrogen-bond donors (Lipinski definition) is 1. The molecular formula is C44H31Cl2F6NO7. The third-order valence-electron chi connectivity index (χ3n) is 9.83. The van der Waals surface area contributed by atoms with Gasteiger partial charge in [0.1, 0.15) is 17.3 Å². The Hall–Kier alpha value is -6.12. The lowest BCUT2D eigenvalue weighted by Gasteiger charge is -2.34. The average molecular weight is 871 g/mol. The van der Waals surface area contributed by atoms with Gasteiger partial charge in [-0.1, -0.05) is 71.7 Å². The van der Waals surface area contributed by atoms with E-state index in [1.165, 1.54) is 19.2 Å². The lowest BCUT2D eigenvalue weighted by atomic mass is 9.76. The van der Waals surface area contributed by atoms with Gasteiger partial charge in [0, 0.05) is 46.1 Å². The van der Waals surface area contributed by atoms with Crippen LogP contribution in [0.25, 0.3) is 22.1 Å². The first-order valence-electron chi connectivity index (χ1n) is 17.8. The molecule has 1 aliphatic heterocycles. The molecular weight excluding hydrogens is 839 g/mol. The molecule has 0 saturated heterocycles. The largest absolute Gasteiger partial charge is 0.477 e. The molecule has 7 rings (SSSR count). The van der Waals surface area contributed by atoms with E-state index in [1.807, 2.05) is 19.1 Å². The van der Waals surface area contributed by atoms with E-state index in [1.54, 1.807) is 67.6 Å². The molecule has 0 radical (unpaired) electrons. The van der Waals surface area contributed by atoms with Crippen molar-refractivity contribution < 1.29 is 55.0 Å². The number of aromatic carboxylic acids is 1. The van der Waals surface area contributed by atoms with Crippen LogP contribution in [-0.2, 0) is 28.5 Å². The molecule has 0 bridgehead atoms. The standard InChI is InChI=1S/C27H20ClF6NO3.C17H11ClO4/c1-14-5-3-4-6-19(14)22-20-12-18(28)7-8-21(20)38-25(37)23(22)24(36)35(2)13-15-9-16(26(29,30)31)11-17(10-15)27(32,33)34;1-9-4-2-3-5-11(9)14-12-8-10(18)6-7-13(12)22-17(21)15(14)16(19)20/h3-12,22-23H,13H2,1-2H3;2-8H,1H3,(H,19,20). The van der Waals surface area contributed by atoms with Crippen LogP contribution in [0.4, 0.5) is 26.3 Å². The molecule has 0 saturated carbocycles. The summed E-state index contributed by atoms with van der Waals surface area (Å²) < 4.78 is 90.3. The lowest BCUT2D eigenvalue weighted by Crippen LogP contribution is -2.44. The number of rotatable bonds is 6. The molecule has 16 heteroatoms. The summed E-state index contributed by atoms with van der Waals surface area (Å²) in [4.78, 5) is 51.3. The van der Waals surface area contributed by atoms with Crippen molar-refractivity contribution in [3.8, 4) is 16.9 Å². The van der Waals surface area contributed by atoms with Gasteiger partial charge in [-0.25, -0.2) is 9.59 Å². The van der Waals surface area contributed by atoms with E-state index >= 15 is 0 Å². The van der Waals surface area contributed by atoms with E-state index in [4.69, 9.17) is 32.4 Å². The molecule has 1 aromatic heterocycles. The summed E-state index contributed by atoms with van der Waals surface area (Å²) in [7, 11) is 1.20. The molecule has 1 aliphatic rings. The van der Waals surface area contributed by atoms with Gasteiger partial charge in [-0.2, -0.15) is 26.3 Å². The number of fused-ring (bicyclic) bond motifs is 2. The number of amides is 1. The SMILES string of the molecule is Cc1ccccc1-c1c(C(=O)O)c(=O)oc2ccc(Cl)cc12.Cc1ccccc1C1c2cc(Cl)ccc2OC(=O)C1C(=O)N(C)Cc1cc(C(F)(F)F)cc(C(F)(F)F)c1. The molecule has 0 fully saturated rings. The molecule has 60 heavy (non-hydrogen) atoms. The number of esters is 1. The number of ether oxygens (including phenoxy) is 1. The number of hydrogen-bond acceptors (Lipinski definition) is 6. The van der Waals surface area contributed by atoms with Crippen molar-refractivity contribution in [2.75, 3.05) is 7.05 Å². The Kier molecular flexibility index (Phi) is 12.2. The van der Waals surface area contributed by atoms with E-state index < -0.39 is 70.9 Å².